The van der Waals surface area contributed by atoms with Gasteiger partial charge in [0.1, 0.15) is 6.61 Å². The predicted molar refractivity (Wildman–Crippen MR) is 64.6 cm³/mol. The molecule has 0 saturated heterocycles. The monoisotopic (exact) mass is 228 g/mol. The second-order valence-electron chi connectivity index (χ2n) is 3.98. The first kappa shape index (κ1) is 12.5. The Labute approximate surface area is 95.7 Å². The van der Waals surface area contributed by atoms with Gasteiger partial charge in [0.05, 0.1) is 5.69 Å². The summed E-state index contributed by atoms with van der Waals surface area (Å²) in [5.74, 6) is 0. The molecule has 0 spiro atoms. The Bertz CT molecular complexity index is 299. The summed E-state index contributed by atoms with van der Waals surface area (Å²) in [7, 11) is 0. The minimum Gasteiger partial charge on any atom is -0.468 e. The summed E-state index contributed by atoms with van der Waals surface area (Å²) in [5, 5.41) is 0.738. The first-order valence-corrected chi connectivity index (χ1v) is 6.18. The van der Waals surface area contributed by atoms with Crippen LogP contribution in [0.2, 0.25) is 0 Å². The standard InChI is InChI=1S/C11H20N2OS/c1-5-11(12,6-2)7-14-10-13-8(3)9(4)15-10/h5-7,12H2,1-4H3. The molecule has 0 aliphatic carbocycles. The molecule has 86 valence electrons. The fourth-order valence-electron chi connectivity index (χ4n) is 1.16. The van der Waals surface area contributed by atoms with Gasteiger partial charge >= 0.3 is 0 Å². The van der Waals surface area contributed by atoms with Gasteiger partial charge in [0, 0.05) is 10.4 Å². The molecular weight excluding hydrogens is 208 g/mol. The zero-order valence-corrected chi connectivity index (χ0v) is 10.8. The van der Waals surface area contributed by atoms with Gasteiger partial charge in [-0.15, -0.1) is 0 Å². The number of thiazole rings is 1. The second kappa shape index (κ2) is 4.94. The molecule has 1 rings (SSSR count). The first-order valence-electron chi connectivity index (χ1n) is 5.36. The largest absolute Gasteiger partial charge is 0.468 e. The quantitative estimate of drug-likeness (QED) is 0.843. The molecule has 0 fully saturated rings. The Kier molecular flexibility index (Phi) is 4.11. The fourth-order valence-corrected chi connectivity index (χ4v) is 1.92. The van der Waals surface area contributed by atoms with Crippen molar-refractivity contribution in [1.82, 2.24) is 4.98 Å². The molecule has 1 heterocycles. The van der Waals surface area contributed by atoms with Crippen LogP contribution in [0.25, 0.3) is 0 Å². The van der Waals surface area contributed by atoms with Gasteiger partial charge in [-0.05, 0) is 26.7 Å². The van der Waals surface area contributed by atoms with Crippen LogP contribution in [0.1, 0.15) is 37.3 Å². The lowest BCUT2D eigenvalue weighted by Crippen LogP contribution is -2.44. The van der Waals surface area contributed by atoms with Crippen LogP contribution < -0.4 is 10.5 Å². The zero-order chi connectivity index (χ0) is 11.5. The van der Waals surface area contributed by atoms with E-state index in [1.54, 1.807) is 11.3 Å². The van der Waals surface area contributed by atoms with E-state index in [0.29, 0.717) is 6.61 Å². The zero-order valence-electron chi connectivity index (χ0n) is 9.96. The third kappa shape index (κ3) is 3.18. The van der Waals surface area contributed by atoms with E-state index in [9.17, 15) is 0 Å². The van der Waals surface area contributed by atoms with Crippen LogP contribution in [0, 0.1) is 13.8 Å². The summed E-state index contributed by atoms with van der Waals surface area (Å²) in [5.41, 5.74) is 6.97. The van der Waals surface area contributed by atoms with E-state index in [1.165, 1.54) is 4.88 Å². The number of nitrogens with zero attached hydrogens (tertiary/aromatic N) is 1. The Morgan fingerprint density at radius 3 is 2.33 bits per heavy atom. The Hall–Kier alpha value is -0.610. The van der Waals surface area contributed by atoms with E-state index in [-0.39, 0.29) is 5.54 Å². The van der Waals surface area contributed by atoms with Crippen LogP contribution in [0.3, 0.4) is 0 Å². The molecule has 0 aliphatic rings. The van der Waals surface area contributed by atoms with Gasteiger partial charge in [-0.2, -0.15) is 0 Å². The van der Waals surface area contributed by atoms with E-state index in [0.717, 1.165) is 23.7 Å². The molecular formula is C11H20N2OS. The van der Waals surface area contributed by atoms with Gasteiger partial charge in [-0.3, -0.25) is 0 Å². The van der Waals surface area contributed by atoms with E-state index in [2.05, 4.69) is 25.8 Å². The van der Waals surface area contributed by atoms with Gasteiger partial charge in [-0.1, -0.05) is 25.2 Å². The van der Waals surface area contributed by atoms with Crippen molar-refractivity contribution in [1.29, 1.82) is 0 Å². The third-order valence-corrected chi connectivity index (χ3v) is 3.89. The fraction of sp³-hybridized carbons (Fsp3) is 0.727. The van der Waals surface area contributed by atoms with Crippen molar-refractivity contribution in [2.24, 2.45) is 5.73 Å². The molecule has 0 aliphatic heterocycles. The summed E-state index contributed by atoms with van der Waals surface area (Å²) in [6.07, 6.45) is 1.85. The molecule has 0 atom stereocenters. The lowest BCUT2D eigenvalue weighted by atomic mass is 9.96. The number of rotatable bonds is 5. The summed E-state index contributed by atoms with van der Waals surface area (Å²) in [6, 6.07) is 0. The summed E-state index contributed by atoms with van der Waals surface area (Å²) in [6.45, 7) is 8.77. The van der Waals surface area contributed by atoms with E-state index in [4.69, 9.17) is 10.5 Å². The highest BCUT2D eigenvalue weighted by Crippen LogP contribution is 2.24. The average Bonchev–Trinajstić information content (AvgIpc) is 2.55. The summed E-state index contributed by atoms with van der Waals surface area (Å²) in [4.78, 5) is 5.53. The van der Waals surface area contributed by atoms with Crippen LogP contribution >= 0.6 is 11.3 Å². The maximum Gasteiger partial charge on any atom is 0.273 e. The molecule has 0 unspecified atom stereocenters. The van der Waals surface area contributed by atoms with Crippen LogP contribution in [-0.2, 0) is 0 Å². The molecule has 1 aromatic heterocycles. The summed E-state index contributed by atoms with van der Waals surface area (Å²) < 4.78 is 5.64. The van der Waals surface area contributed by atoms with Crippen LogP contribution in [0.5, 0.6) is 5.19 Å². The van der Waals surface area contributed by atoms with Gasteiger partial charge in [0.2, 0.25) is 0 Å². The lowest BCUT2D eigenvalue weighted by Gasteiger charge is -2.25. The van der Waals surface area contributed by atoms with E-state index >= 15 is 0 Å². The maximum atomic E-state index is 6.14. The Morgan fingerprint density at radius 2 is 1.93 bits per heavy atom. The number of aromatic nitrogens is 1. The van der Waals surface area contributed by atoms with Crippen molar-refractivity contribution in [2.75, 3.05) is 6.61 Å². The normalized spacial score (nSPS) is 11.8. The number of aryl methyl sites for hydroxylation is 2. The van der Waals surface area contributed by atoms with Gasteiger partial charge in [-0.25, -0.2) is 4.98 Å². The van der Waals surface area contributed by atoms with Crippen LogP contribution in [-0.4, -0.2) is 17.1 Å². The van der Waals surface area contributed by atoms with Crippen molar-refractivity contribution in [3.05, 3.63) is 10.6 Å². The molecule has 2 N–H and O–H groups in total. The average molecular weight is 228 g/mol. The minimum absolute atomic E-state index is 0.215. The SMILES string of the molecule is CCC(N)(CC)COc1nc(C)c(C)s1. The number of hydrogen-bond donors (Lipinski definition) is 1. The Morgan fingerprint density at radius 1 is 1.33 bits per heavy atom. The third-order valence-electron chi connectivity index (χ3n) is 2.90. The van der Waals surface area contributed by atoms with Crippen molar-refractivity contribution in [3.8, 4) is 5.19 Å². The smallest absolute Gasteiger partial charge is 0.273 e. The molecule has 15 heavy (non-hydrogen) atoms. The molecule has 0 bridgehead atoms. The molecule has 0 radical (unpaired) electrons. The van der Waals surface area contributed by atoms with Crippen molar-refractivity contribution >= 4 is 11.3 Å². The van der Waals surface area contributed by atoms with Crippen molar-refractivity contribution in [3.63, 3.8) is 0 Å². The highest BCUT2D eigenvalue weighted by atomic mass is 32.1. The van der Waals surface area contributed by atoms with E-state index in [1.807, 2.05) is 6.92 Å². The maximum absolute atomic E-state index is 6.14. The molecule has 3 nitrogen and oxygen atoms in total. The molecule has 1 aromatic rings. The molecule has 0 aromatic carbocycles. The van der Waals surface area contributed by atoms with Crippen LogP contribution in [0.15, 0.2) is 0 Å². The Balaban J connectivity index is 2.56. The molecule has 0 amide bonds. The van der Waals surface area contributed by atoms with Gasteiger partial charge < -0.3 is 10.5 Å². The predicted octanol–water partition coefficient (Wildman–Crippen LogP) is 2.66. The topological polar surface area (TPSA) is 48.1 Å². The highest BCUT2D eigenvalue weighted by molar-refractivity contribution is 7.13. The van der Waals surface area contributed by atoms with E-state index < -0.39 is 0 Å². The molecule has 4 heteroatoms. The van der Waals surface area contributed by atoms with Gasteiger partial charge in [0.25, 0.3) is 5.19 Å². The summed E-state index contributed by atoms with van der Waals surface area (Å²) >= 11 is 1.59. The minimum atomic E-state index is -0.215. The molecule has 0 saturated carbocycles. The highest BCUT2D eigenvalue weighted by Gasteiger charge is 2.21. The number of hydrogen-bond acceptors (Lipinski definition) is 4. The van der Waals surface area contributed by atoms with Crippen molar-refractivity contribution < 1.29 is 4.74 Å². The van der Waals surface area contributed by atoms with Crippen molar-refractivity contribution in [2.45, 2.75) is 46.1 Å². The van der Waals surface area contributed by atoms with Gasteiger partial charge in [0.15, 0.2) is 0 Å². The lowest BCUT2D eigenvalue weighted by molar-refractivity contribution is 0.206. The second-order valence-corrected chi connectivity index (χ2v) is 5.15. The van der Waals surface area contributed by atoms with Crippen LogP contribution in [0.4, 0.5) is 0 Å². The number of ether oxygens (including phenoxy) is 1. The first-order chi connectivity index (χ1) is 7.00. The number of nitrogens with two attached hydrogens (primary N) is 1.